The molecule has 0 atom stereocenters. The molecule has 5 nitrogen and oxygen atoms in total. The molecule has 0 radical (unpaired) electrons. The number of sulfonamides is 1. The second-order valence-corrected chi connectivity index (χ2v) is 6.20. The lowest BCUT2D eigenvalue weighted by Gasteiger charge is -2.28. The normalized spacial score (nSPS) is 18.3. The van der Waals surface area contributed by atoms with E-state index in [0.29, 0.717) is 18.9 Å². The van der Waals surface area contributed by atoms with Crippen LogP contribution in [0.2, 0.25) is 0 Å². The number of carboxylic acids is 1. The number of aromatic carboxylic acids is 1. The van der Waals surface area contributed by atoms with E-state index in [1.807, 2.05) is 0 Å². The molecule has 1 aromatic carbocycles. The highest BCUT2D eigenvalue weighted by atomic mass is 32.2. The predicted octanol–water partition coefficient (Wildman–Crippen LogP) is 1.59. The average Bonchev–Trinajstić information content (AvgIpc) is 2.29. The third kappa shape index (κ3) is 2.53. The van der Waals surface area contributed by atoms with Crippen molar-refractivity contribution in [3.8, 4) is 0 Å². The van der Waals surface area contributed by atoms with Gasteiger partial charge in [-0.3, -0.25) is 4.31 Å². The Labute approximate surface area is 108 Å². The van der Waals surface area contributed by atoms with Crippen LogP contribution in [0.5, 0.6) is 0 Å². The molecule has 1 aromatic rings. The Morgan fingerprint density at radius 3 is 2.47 bits per heavy atom. The first kappa shape index (κ1) is 13.7. The second-order valence-electron chi connectivity index (χ2n) is 4.18. The molecule has 1 aliphatic rings. The molecule has 1 saturated heterocycles. The Morgan fingerprint density at radius 2 is 1.89 bits per heavy atom. The summed E-state index contributed by atoms with van der Waals surface area (Å²) in [7, 11) is -3.68. The Bertz CT molecular complexity index is 630. The highest BCUT2D eigenvalue weighted by Crippen LogP contribution is 2.28. The van der Waals surface area contributed by atoms with Gasteiger partial charge in [0.2, 0.25) is 10.0 Å². The minimum absolute atomic E-state index is 0.0595. The molecular weight excluding hydrogens is 280 g/mol. The minimum atomic E-state index is -3.68. The monoisotopic (exact) mass is 291 g/mol. The zero-order chi connectivity index (χ0) is 14.2. The number of benzene rings is 1. The van der Waals surface area contributed by atoms with Gasteiger partial charge >= 0.3 is 5.97 Å². The summed E-state index contributed by atoms with van der Waals surface area (Å²) in [5, 5.41) is 8.78. The Hall–Kier alpha value is -1.70. The van der Waals surface area contributed by atoms with Crippen molar-refractivity contribution in [1.82, 2.24) is 0 Å². The van der Waals surface area contributed by atoms with Gasteiger partial charge in [-0.25, -0.2) is 22.0 Å². The van der Waals surface area contributed by atoms with E-state index in [1.54, 1.807) is 0 Å². The molecule has 0 aliphatic carbocycles. The third-order valence-corrected chi connectivity index (χ3v) is 4.74. The summed E-state index contributed by atoms with van der Waals surface area (Å²) in [6.07, 6.45) is 1.01. The van der Waals surface area contributed by atoms with Crippen molar-refractivity contribution in [3.63, 3.8) is 0 Å². The zero-order valence-electron chi connectivity index (χ0n) is 9.77. The van der Waals surface area contributed by atoms with Crippen molar-refractivity contribution in [3.05, 3.63) is 29.3 Å². The molecule has 0 aromatic heterocycles. The predicted molar refractivity (Wildman–Crippen MR) is 63.7 cm³/mol. The van der Waals surface area contributed by atoms with E-state index in [9.17, 15) is 22.0 Å². The summed E-state index contributed by atoms with van der Waals surface area (Å²) < 4.78 is 51.4. The standard InChI is InChI=1S/C11H11F2NO4S/c12-8-6-9(13)10(5-7(8)11(15)16)14-3-1-2-4-19(14,17)18/h5-6H,1-4H2,(H,15,16). The largest absolute Gasteiger partial charge is 0.478 e. The SMILES string of the molecule is O=C(O)c1cc(N2CCCCS2(=O)=O)c(F)cc1F. The summed E-state index contributed by atoms with van der Waals surface area (Å²) in [6.45, 7) is 0.0595. The fourth-order valence-corrected chi connectivity index (χ4v) is 3.59. The smallest absolute Gasteiger partial charge is 0.338 e. The average molecular weight is 291 g/mol. The summed E-state index contributed by atoms with van der Waals surface area (Å²) in [5.74, 6) is -4.03. The maximum Gasteiger partial charge on any atom is 0.338 e. The van der Waals surface area contributed by atoms with Crippen molar-refractivity contribution in [2.45, 2.75) is 12.8 Å². The van der Waals surface area contributed by atoms with E-state index < -0.39 is 38.9 Å². The van der Waals surface area contributed by atoms with Crippen LogP contribution in [0.25, 0.3) is 0 Å². The molecule has 104 valence electrons. The zero-order valence-corrected chi connectivity index (χ0v) is 10.6. The summed E-state index contributed by atoms with van der Waals surface area (Å²) in [4.78, 5) is 10.8. The number of hydrogen-bond donors (Lipinski definition) is 1. The molecular formula is C11H11F2NO4S. The van der Waals surface area contributed by atoms with Gasteiger partial charge in [-0.2, -0.15) is 0 Å². The Morgan fingerprint density at radius 1 is 1.21 bits per heavy atom. The lowest BCUT2D eigenvalue weighted by atomic mass is 10.1. The van der Waals surface area contributed by atoms with Gasteiger partial charge in [-0.15, -0.1) is 0 Å². The van der Waals surface area contributed by atoms with E-state index in [2.05, 4.69) is 0 Å². The maximum atomic E-state index is 13.7. The van der Waals surface area contributed by atoms with Gasteiger partial charge in [0, 0.05) is 12.6 Å². The van der Waals surface area contributed by atoms with Gasteiger partial charge in [0.05, 0.1) is 17.0 Å². The number of carbonyl (C=O) groups is 1. The number of hydrogen-bond acceptors (Lipinski definition) is 3. The van der Waals surface area contributed by atoms with Gasteiger partial charge in [0.1, 0.15) is 11.6 Å². The van der Waals surface area contributed by atoms with Gasteiger partial charge in [-0.1, -0.05) is 0 Å². The van der Waals surface area contributed by atoms with Crippen molar-refractivity contribution >= 4 is 21.7 Å². The second kappa shape index (κ2) is 4.76. The fraction of sp³-hybridized carbons (Fsp3) is 0.364. The van der Waals surface area contributed by atoms with E-state index in [4.69, 9.17) is 5.11 Å². The molecule has 1 fully saturated rings. The van der Waals surface area contributed by atoms with Crippen molar-refractivity contribution in [2.75, 3.05) is 16.6 Å². The third-order valence-electron chi connectivity index (χ3n) is 2.88. The molecule has 1 N–H and O–H groups in total. The molecule has 19 heavy (non-hydrogen) atoms. The lowest BCUT2D eigenvalue weighted by Crippen LogP contribution is -2.38. The van der Waals surface area contributed by atoms with Crippen molar-refractivity contribution in [1.29, 1.82) is 0 Å². The van der Waals surface area contributed by atoms with Crippen LogP contribution in [-0.2, 0) is 10.0 Å². The van der Waals surface area contributed by atoms with E-state index >= 15 is 0 Å². The molecule has 1 aliphatic heterocycles. The lowest BCUT2D eigenvalue weighted by molar-refractivity contribution is 0.0692. The summed E-state index contributed by atoms with van der Waals surface area (Å²) >= 11 is 0. The first-order chi connectivity index (χ1) is 8.83. The quantitative estimate of drug-likeness (QED) is 0.898. The van der Waals surface area contributed by atoms with Crippen LogP contribution < -0.4 is 4.31 Å². The van der Waals surface area contributed by atoms with E-state index in [-0.39, 0.29) is 12.3 Å². The molecule has 0 amide bonds. The molecule has 0 bridgehead atoms. The molecule has 8 heteroatoms. The summed E-state index contributed by atoms with van der Waals surface area (Å²) in [5.41, 5.74) is -1.17. The summed E-state index contributed by atoms with van der Waals surface area (Å²) in [6, 6.07) is 1.11. The number of carboxylic acid groups (broad SMARTS) is 1. The van der Waals surface area contributed by atoms with Crippen LogP contribution in [0.3, 0.4) is 0 Å². The van der Waals surface area contributed by atoms with Crippen LogP contribution in [0.15, 0.2) is 12.1 Å². The van der Waals surface area contributed by atoms with Crippen LogP contribution in [0.1, 0.15) is 23.2 Å². The molecule has 0 saturated carbocycles. The minimum Gasteiger partial charge on any atom is -0.478 e. The van der Waals surface area contributed by atoms with E-state index in [0.717, 1.165) is 10.4 Å². The molecule has 1 heterocycles. The molecule has 0 spiro atoms. The van der Waals surface area contributed by atoms with Gasteiger partial charge in [-0.05, 0) is 18.9 Å². The van der Waals surface area contributed by atoms with Crippen LogP contribution in [-0.4, -0.2) is 31.8 Å². The first-order valence-corrected chi connectivity index (χ1v) is 7.16. The van der Waals surface area contributed by atoms with Crippen molar-refractivity contribution in [2.24, 2.45) is 0 Å². The Balaban J connectivity index is 2.56. The number of halogens is 2. The highest BCUT2D eigenvalue weighted by Gasteiger charge is 2.29. The van der Waals surface area contributed by atoms with Crippen LogP contribution in [0.4, 0.5) is 14.5 Å². The number of anilines is 1. The fourth-order valence-electron chi connectivity index (χ4n) is 1.95. The number of rotatable bonds is 2. The molecule has 0 unspecified atom stereocenters. The van der Waals surface area contributed by atoms with Gasteiger partial charge < -0.3 is 5.11 Å². The Kier molecular flexibility index (Phi) is 3.44. The van der Waals surface area contributed by atoms with Crippen LogP contribution >= 0.6 is 0 Å². The van der Waals surface area contributed by atoms with E-state index in [1.165, 1.54) is 0 Å². The topological polar surface area (TPSA) is 74.7 Å². The van der Waals surface area contributed by atoms with Crippen molar-refractivity contribution < 1.29 is 27.1 Å². The van der Waals surface area contributed by atoms with Gasteiger partial charge in [0.25, 0.3) is 0 Å². The highest BCUT2D eigenvalue weighted by molar-refractivity contribution is 7.92. The van der Waals surface area contributed by atoms with Crippen LogP contribution in [0, 0.1) is 11.6 Å². The molecule has 2 rings (SSSR count). The maximum absolute atomic E-state index is 13.7. The van der Waals surface area contributed by atoms with Gasteiger partial charge in [0.15, 0.2) is 0 Å². The number of nitrogens with zero attached hydrogens (tertiary/aromatic N) is 1. The first-order valence-electron chi connectivity index (χ1n) is 5.55.